The predicted octanol–water partition coefficient (Wildman–Crippen LogP) is 4.05. The van der Waals surface area contributed by atoms with Crippen molar-refractivity contribution in [3.8, 4) is 0 Å². The van der Waals surface area contributed by atoms with Gasteiger partial charge in [-0.15, -0.1) is 0 Å². The highest BCUT2D eigenvalue weighted by molar-refractivity contribution is 9.10. The van der Waals surface area contributed by atoms with Gasteiger partial charge in [0.05, 0.1) is 4.47 Å². The third-order valence-electron chi connectivity index (χ3n) is 3.23. The smallest absolute Gasteiger partial charge is 0.247 e. The van der Waals surface area contributed by atoms with Gasteiger partial charge in [-0.05, 0) is 64.8 Å². The van der Waals surface area contributed by atoms with Crippen molar-refractivity contribution in [3.63, 3.8) is 0 Å². The Bertz CT molecular complexity index is 678. The third-order valence-corrected chi connectivity index (χ3v) is 4.09. The van der Waals surface area contributed by atoms with E-state index < -0.39 is 17.3 Å². The summed E-state index contributed by atoms with van der Waals surface area (Å²) in [5.41, 5.74) is 5.59. The predicted molar refractivity (Wildman–Crippen MR) is 85.7 cm³/mol. The number of anilines is 1. The van der Waals surface area contributed by atoms with E-state index in [0.29, 0.717) is 16.3 Å². The monoisotopic (exact) mass is 370 g/mol. The summed E-state index contributed by atoms with van der Waals surface area (Å²) in [5, 5.41) is 3.66. The summed E-state index contributed by atoms with van der Waals surface area (Å²) in [6, 6.07) is 11.2. The molecule has 1 unspecified atom stereocenters. The van der Waals surface area contributed by atoms with Gasteiger partial charge in [0.15, 0.2) is 0 Å². The summed E-state index contributed by atoms with van der Waals surface area (Å²) in [6.45, 7) is 1.64. The number of primary amides is 1. The second-order valence-corrected chi connectivity index (χ2v) is 6.04. The summed E-state index contributed by atoms with van der Waals surface area (Å²) >= 11 is 8.94. The summed E-state index contributed by atoms with van der Waals surface area (Å²) in [6.07, 6.45) is 0. The van der Waals surface area contributed by atoms with E-state index in [0.717, 1.165) is 0 Å². The molecule has 2 rings (SSSR count). The number of hydrogen-bond donors (Lipinski definition) is 2. The van der Waals surface area contributed by atoms with Crippen LogP contribution in [0.15, 0.2) is 46.9 Å². The standard InChI is InChI=1S/C15H13BrClFN2O/c1-15(14(19)21,9-2-7-13(18)12(16)8-9)20-11-5-3-10(17)4-6-11/h2-8,20H,1H3,(H2,19,21). The molecule has 0 aromatic heterocycles. The Balaban J connectivity index is 2.42. The largest absolute Gasteiger partial charge is 0.368 e. The molecule has 0 aliphatic carbocycles. The van der Waals surface area contributed by atoms with Crippen LogP contribution >= 0.6 is 27.5 Å². The minimum absolute atomic E-state index is 0.269. The molecule has 1 atom stereocenters. The van der Waals surface area contributed by atoms with Crippen LogP contribution < -0.4 is 11.1 Å². The molecule has 0 saturated carbocycles. The molecular weight excluding hydrogens is 359 g/mol. The number of hydrogen-bond acceptors (Lipinski definition) is 2. The van der Waals surface area contributed by atoms with Gasteiger partial charge in [0, 0.05) is 10.7 Å². The van der Waals surface area contributed by atoms with Gasteiger partial charge in [0.2, 0.25) is 5.91 Å². The van der Waals surface area contributed by atoms with Gasteiger partial charge in [0.1, 0.15) is 11.4 Å². The first-order valence-electron chi connectivity index (χ1n) is 6.12. The number of benzene rings is 2. The minimum atomic E-state index is -1.18. The first-order valence-corrected chi connectivity index (χ1v) is 7.29. The molecule has 2 aromatic carbocycles. The Labute approximate surface area is 135 Å². The fourth-order valence-corrected chi connectivity index (χ4v) is 2.41. The topological polar surface area (TPSA) is 55.1 Å². The Morgan fingerprint density at radius 3 is 2.43 bits per heavy atom. The van der Waals surface area contributed by atoms with Crippen molar-refractivity contribution in [1.29, 1.82) is 0 Å². The zero-order valence-corrected chi connectivity index (χ0v) is 13.5. The van der Waals surface area contributed by atoms with Gasteiger partial charge in [0.25, 0.3) is 0 Å². The summed E-state index contributed by atoms with van der Waals surface area (Å²) in [5.74, 6) is -0.979. The average molecular weight is 372 g/mol. The van der Waals surface area contributed by atoms with Crippen molar-refractivity contribution in [2.45, 2.75) is 12.5 Å². The highest BCUT2D eigenvalue weighted by Crippen LogP contribution is 2.29. The zero-order chi connectivity index (χ0) is 15.6. The molecule has 0 bridgehead atoms. The van der Waals surface area contributed by atoms with E-state index in [1.165, 1.54) is 18.2 Å². The molecule has 0 saturated heterocycles. The van der Waals surface area contributed by atoms with Gasteiger partial charge >= 0.3 is 0 Å². The maximum Gasteiger partial charge on any atom is 0.247 e. The van der Waals surface area contributed by atoms with Gasteiger partial charge in [-0.2, -0.15) is 0 Å². The fraction of sp³-hybridized carbons (Fsp3) is 0.133. The van der Waals surface area contributed by atoms with Crippen LogP contribution in [-0.4, -0.2) is 5.91 Å². The van der Waals surface area contributed by atoms with Gasteiger partial charge < -0.3 is 11.1 Å². The van der Waals surface area contributed by atoms with E-state index in [4.69, 9.17) is 17.3 Å². The number of carbonyl (C=O) groups excluding carboxylic acids is 1. The molecule has 0 heterocycles. The molecule has 3 nitrogen and oxygen atoms in total. The molecule has 6 heteroatoms. The SMILES string of the molecule is CC(Nc1ccc(Cl)cc1)(C(N)=O)c1ccc(F)c(Br)c1. The highest BCUT2D eigenvalue weighted by Gasteiger charge is 2.33. The molecule has 2 aromatic rings. The van der Waals surface area contributed by atoms with E-state index in [1.54, 1.807) is 31.2 Å². The van der Waals surface area contributed by atoms with E-state index in [-0.39, 0.29) is 4.47 Å². The minimum Gasteiger partial charge on any atom is -0.368 e. The number of nitrogens with two attached hydrogens (primary N) is 1. The molecule has 0 aliphatic rings. The number of rotatable bonds is 4. The van der Waals surface area contributed by atoms with Crippen LogP contribution in [0.1, 0.15) is 12.5 Å². The maximum absolute atomic E-state index is 13.4. The Morgan fingerprint density at radius 1 is 1.29 bits per heavy atom. The van der Waals surface area contributed by atoms with Crippen molar-refractivity contribution in [3.05, 3.63) is 63.3 Å². The summed E-state index contributed by atoms with van der Waals surface area (Å²) < 4.78 is 13.6. The molecule has 3 N–H and O–H groups in total. The lowest BCUT2D eigenvalue weighted by molar-refractivity contribution is -0.122. The summed E-state index contributed by atoms with van der Waals surface area (Å²) in [7, 11) is 0. The number of nitrogens with one attached hydrogen (secondary N) is 1. The van der Waals surface area contributed by atoms with Crippen LogP contribution in [-0.2, 0) is 10.3 Å². The normalized spacial score (nSPS) is 13.5. The van der Waals surface area contributed by atoms with Crippen molar-refractivity contribution in [2.75, 3.05) is 5.32 Å². The molecule has 0 radical (unpaired) electrons. The number of halogens is 3. The fourth-order valence-electron chi connectivity index (χ4n) is 1.91. The molecule has 110 valence electrons. The summed E-state index contributed by atoms with van der Waals surface area (Å²) in [4.78, 5) is 11.9. The van der Waals surface area contributed by atoms with Gasteiger partial charge in [-0.1, -0.05) is 17.7 Å². The molecule has 0 aliphatic heterocycles. The second-order valence-electron chi connectivity index (χ2n) is 4.75. The van der Waals surface area contributed by atoms with Crippen molar-refractivity contribution in [2.24, 2.45) is 5.73 Å². The number of carbonyl (C=O) groups is 1. The van der Waals surface area contributed by atoms with Crippen molar-refractivity contribution < 1.29 is 9.18 Å². The van der Waals surface area contributed by atoms with Crippen molar-refractivity contribution >= 4 is 39.1 Å². The van der Waals surface area contributed by atoms with E-state index in [2.05, 4.69) is 21.2 Å². The molecule has 21 heavy (non-hydrogen) atoms. The quantitative estimate of drug-likeness (QED) is 0.852. The van der Waals surface area contributed by atoms with Crippen LogP contribution in [0.4, 0.5) is 10.1 Å². The molecule has 0 spiro atoms. The Morgan fingerprint density at radius 2 is 1.90 bits per heavy atom. The first-order chi connectivity index (χ1) is 9.83. The van der Waals surface area contributed by atoms with Gasteiger partial charge in [-0.25, -0.2) is 4.39 Å². The van der Waals surface area contributed by atoms with Crippen LogP contribution in [0.5, 0.6) is 0 Å². The lowest BCUT2D eigenvalue weighted by Crippen LogP contribution is -2.45. The Hall–Kier alpha value is -1.59. The third kappa shape index (κ3) is 3.36. The van der Waals surface area contributed by atoms with E-state index >= 15 is 0 Å². The lowest BCUT2D eigenvalue weighted by Gasteiger charge is -2.29. The second kappa shape index (κ2) is 6.03. The first kappa shape index (κ1) is 15.8. The lowest BCUT2D eigenvalue weighted by atomic mass is 9.90. The maximum atomic E-state index is 13.4. The van der Waals surface area contributed by atoms with Gasteiger partial charge in [-0.3, -0.25) is 4.79 Å². The van der Waals surface area contributed by atoms with E-state index in [1.807, 2.05) is 0 Å². The van der Waals surface area contributed by atoms with Crippen LogP contribution in [0.25, 0.3) is 0 Å². The number of amides is 1. The van der Waals surface area contributed by atoms with E-state index in [9.17, 15) is 9.18 Å². The zero-order valence-electron chi connectivity index (χ0n) is 11.2. The van der Waals surface area contributed by atoms with Crippen LogP contribution in [0.2, 0.25) is 5.02 Å². The van der Waals surface area contributed by atoms with Crippen molar-refractivity contribution in [1.82, 2.24) is 0 Å². The molecular formula is C15H13BrClFN2O. The molecule has 0 fully saturated rings. The average Bonchev–Trinajstić information content (AvgIpc) is 2.44. The Kier molecular flexibility index (Phi) is 4.54. The van der Waals surface area contributed by atoms with Crippen LogP contribution in [0.3, 0.4) is 0 Å². The molecule has 1 amide bonds. The van der Waals surface area contributed by atoms with Crippen LogP contribution in [0, 0.1) is 5.82 Å². The highest BCUT2D eigenvalue weighted by atomic mass is 79.9.